The number of hydrogen-bond acceptors (Lipinski definition) is 4. The number of hydrogen-bond donors (Lipinski definition) is 2. The number of nitrogens with one attached hydrogen (secondary N) is 2. The van der Waals surface area contributed by atoms with Gasteiger partial charge in [0, 0.05) is 12.6 Å². The molecule has 0 unspecified atom stereocenters. The number of rotatable bonds is 2. The first kappa shape index (κ1) is 10.0. The second-order valence-corrected chi connectivity index (χ2v) is 3.92. The van der Waals surface area contributed by atoms with Crippen molar-refractivity contribution < 1.29 is 9.47 Å². The van der Waals surface area contributed by atoms with Gasteiger partial charge in [-0.05, 0) is 24.6 Å². The molecule has 0 saturated carbocycles. The van der Waals surface area contributed by atoms with Gasteiger partial charge in [-0.25, -0.2) is 4.98 Å². The molecule has 1 aliphatic heterocycles. The summed E-state index contributed by atoms with van der Waals surface area (Å²) in [5.74, 6) is 2.34. The van der Waals surface area contributed by atoms with Crippen LogP contribution in [0.15, 0.2) is 18.3 Å². The molecule has 2 heterocycles. The van der Waals surface area contributed by atoms with Crippen molar-refractivity contribution >= 4 is 5.95 Å². The largest absolute Gasteiger partial charge is 0.454 e. The van der Waals surface area contributed by atoms with E-state index in [0.29, 0.717) is 6.79 Å². The zero-order valence-corrected chi connectivity index (χ0v) is 9.70. The van der Waals surface area contributed by atoms with Crippen LogP contribution in [-0.4, -0.2) is 23.8 Å². The molecule has 0 aliphatic carbocycles. The fourth-order valence-corrected chi connectivity index (χ4v) is 1.92. The van der Waals surface area contributed by atoms with Gasteiger partial charge in [-0.3, -0.25) is 0 Å². The molecule has 0 spiro atoms. The third-order valence-electron chi connectivity index (χ3n) is 2.82. The Bertz CT molecular complexity index is 563. The Morgan fingerprint density at radius 1 is 1.29 bits per heavy atom. The summed E-state index contributed by atoms with van der Waals surface area (Å²) in [5.41, 5.74) is 3.16. The summed E-state index contributed by atoms with van der Waals surface area (Å²) in [6.07, 6.45) is 1.80. The van der Waals surface area contributed by atoms with Crippen molar-refractivity contribution in [1.82, 2.24) is 9.97 Å². The molecule has 2 N–H and O–H groups in total. The predicted molar refractivity (Wildman–Crippen MR) is 64.4 cm³/mol. The molecular weight excluding hydrogens is 218 g/mol. The Morgan fingerprint density at radius 2 is 2.06 bits per heavy atom. The molecule has 0 radical (unpaired) electrons. The van der Waals surface area contributed by atoms with Crippen molar-refractivity contribution in [3.05, 3.63) is 23.9 Å². The fraction of sp³-hybridized carbons (Fsp3) is 0.250. The molecule has 0 saturated heterocycles. The number of H-pyrrole nitrogens is 1. The third-order valence-corrected chi connectivity index (χ3v) is 2.82. The van der Waals surface area contributed by atoms with Crippen LogP contribution in [0.5, 0.6) is 11.5 Å². The molecule has 3 rings (SSSR count). The highest BCUT2D eigenvalue weighted by atomic mass is 16.7. The molecule has 17 heavy (non-hydrogen) atoms. The van der Waals surface area contributed by atoms with E-state index in [1.165, 1.54) is 0 Å². The number of ether oxygens (including phenoxy) is 2. The van der Waals surface area contributed by atoms with E-state index >= 15 is 0 Å². The van der Waals surface area contributed by atoms with Crippen LogP contribution in [0.3, 0.4) is 0 Å². The molecule has 0 atom stereocenters. The average molecular weight is 231 g/mol. The van der Waals surface area contributed by atoms with Crippen molar-refractivity contribution in [2.24, 2.45) is 0 Å². The van der Waals surface area contributed by atoms with Crippen LogP contribution in [0.4, 0.5) is 5.95 Å². The number of fused-ring (bicyclic) bond motifs is 1. The van der Waals surface area contributed by atoms with Gasteiger partial charge in [-0.15, -0.1) is 0 Å². The lowest BCUT2D eigenvalue weighted by molar-refractivity contribution is 0.174. The topological polar surface area (TPSA) is 59.2 Å². The highest BCUT2D eigenvalue weighted by Gasteiger charge is 2.17. The van der Waals surface area contributed by atoms with E-state index in [1.807, 2.05) is 26.1 Å². The van der Waals surface area contributed by atoms with Gasteiger partial charge in [0.1, 0.15) is 0 Å². The first-order chi connectivity index (χ1) is 8.28. The van der Waals surface area contributed by atoms with Crippen LogP contribution in [0, 0.1) is 6.92 Å². The van der Waals surface area contributed by atoms with Gasteiger partial charge < -0.3 is 19.8 Å². The monoisotopic (exact) mass is 231 g/mol. The molecule has 0 bridgehead atoms. The number of anilines is 1. The lowest BCUT2D eigenvalue weighted by atomic mass is 10.1. The quantitative estimate of drug-likeness (QED) is 0.831. The molecule has 1 aromatic carbocycles. The normalized spacial score (nSPS) is 12.8. The Kier molecular flexibility index (Phi) is 2.18. The minimum Gasteiger partial charge on any atom is -0.454 e. The summed E-state index contributed by atoms with van der Waals surface area (Å²) in [4.78, 5) is 7.40. The number of aromatic nitrogens is 2. The number of nitrogens with zero attached hydrogens (tertiary/aromatic N) is 1. The van der Waals surface area contributed by atoms with E-state index < -0.39 is 0 Å². The molecule has 2 aromatic rings. The van der Waals surface area contributed by atoms with E-state index in [4.69, 9.17) is 9.47 Å². The van der Waals surface area contributed by atoms with Crippen LogP contribution in [0.25, 0.3) is 11.3 Å². The Balaban J connectivity index is 2.08. The SMILES string of the molecule is CNc1ncc(-c2cc3c(cc2C)OCO3)[nH]1. The lowest BCUT2D eigenvalue weighted by Crippen LogP contribution is -1.92. The zero-order chi connectivity index (χ0) is 11.8. The number of aromatic amines is 1. The second-order valence-electron chi connectivity index (χ2n) is 3.92. The minimum absolute atomic E-state index is 0.295. The summed E-state index contributed by atoms with van der Waals surface area (Å²) >= 11 is 0. The van der Waals surface area contributed by atoms with Crippen molar-refractivity contribution in [3.63, 3.8) is 0 Å². The molecule has 5 heteroatoms. The van der Waals surface area contributed by atoms with E-state index in [1.54, 1.807) is 6.20 Å². The highest BCUT2D eigenvalue weighted by molar-refractivity contribution is 5.69. The summed E-state index contributed by atoms with van der Waals surface area (Å²) in [6.45, 7) is 2.33. The van der Waals surface area contributed by atoms with Gasteiger partial charge in [0.25, 0.3) is 0 Å². The molecule has 1 aromatic heterocycles. The van der Waals surface area contributed by atoms with Crippen molar-refractivity contribution in [1.29, 1.82) is 0 Å². The van der Waals surface area contributed by atoms with Gasteiger partial charge in [0.15, 0.2) is 17.4 Å². The van der Waals surface area contributed by atoms with Crippen molar-refractivity contribution in [3.8, 4) is 22.8 Å². The van der Waals surface area contributed by atoms with E-state index in [0.717, 1.165) is 34.3 Å². The van der Waals surface area contributed by atoms with Crippen LogP contribution < -0.4 is 14.8 Å². The Labute approximate surface area is 98.8 Å². The molecule has 1 aliphatic rings. The van der Waals surface area contributed by atoms with E-state index in [-0.39, 0.29) is 0 Å². The van der Waals surface area contributed by atoms with Crippen LogP contribution >= 0.6 is 0 Å². The number of benzene rings is 1. The Hall–Kier alpha value is -2.17. The van der Waals surface area contributed by atoms with E-state index in [9.17, 15) is 0 Å². The van der Waals surface area contributed by atoms with Crippen molar-refractivity contribution in [2.75, 3.05) is 19.2 Å². The average Bonchev–Trinajstić information content (AvgIpc) is 2.94. The lowest BCUT2D eigenvalue weighted by Gasteiger charge is -2.05. The predicted octanol–water partition coefficient (Wildman–Crippen LogP) is 2.16. The van der Waals surface area contributed by atoms with Gasteiger partial charge in [-0.1, -0.05) is 0 Å². The molecule has 0 amide bonds. The van der Waals surface area contributed by atoms with Crippen LogP contribution in [0.1, 0.15) is 5.56 Å². The van der Waals surface area contributed by atoms with Gasteiger partial charge in [0.2, 0.25) is 6.79 Å². The van der Waals surface area contributed by atoms with Crippen LogP contribution in [0.2, 0.25) is 0 Å². The smallest absolute Gasteiger partial charge is 0.231 e. The fourth-order valence-electron chi connectivity index (χ4n) is 1.92. The maximum Gasteiger partial charge on any atom is 0.231 e. The molecular formula is C12H13N3O2. The highest BCUT2D eigenvalue weighted by Crippen LogP contribution is 2.38. The number of aryl methyl sites for hydroxylation is 1. The zero-order valence-electron chi connectivity index (χ0n) is 9.70. The molecule has 88 valence electrons. The van der Waals surface area contributed by atoms with Crippen molar-refractivity contribution in [2.45, 2.75) is 6.92 Å². The first-order valence-corrected chi connectivity index (χ1v) is 5.41. The van der Waals surface area contributed by atoms with E-state index in [2.05, 4.69) is 15.3 Å². The molecule has 0 fully saturated rings. The second kappa shape index (κ2) is 3.69. The van der Waals surface area contributed by atoms with Crippen LogP contribution in [-0.2, 0) is 0 Å². The first-order valence-electron chi connectivity index (χ1n) is 5.41. The van der Waals surface area contributed by atoms with Gasteiger partial charge in [-0.2, -0.15) is 0 Å². The third kappa shape index (κ3) is 1.60. The summed E-state index contributed by atoms with van der Waals surface area (Å²) in [6, 6.07) is 3.96. The van der Waals surface area contributed by atoms with Gasteiger partial charge in [0.05, 0.1) is 11.9 Å². The summed E-state index contributed by atoms with van der Waals surface area (Å²) in [5, 5.41) is 2.97. The maximum atomic E-state index is 5.38. The standard InChI is InChI=1S/C12H13N3O2/c1-7-3-10-11(17-6-16-10)4-8(7)9-5-14-12(13-2)15-9/h3-5H,6H2,1-2H3,(H2,13,14,15). The summed E-state index contributed by atoms with van der Waals surface area (Å²) in [7, 11) is 1.83. The summed E-state index contributed by atoms with van der Waals surface area (Å²) < 4.78 is 10.7. The van der Waals surface area contributed by atoms with Gasteiger partial charge >= 0.3 is 0 Å². The molecule has 5 nitrogen and oxygen atoms in total. The number of imidazole rings is 1. The maximum absolute atomic E-state index is 5.38. The minimum atomic E-state index is 0.295. The Morgan fingerprint density at radius 3 is 2.76 bits per heavy atom.